The summed E-state index contributed by atoms with van der Waals surface area (Å²) in [5.41, 5.74) is 3.34. The van der Waals surface area contributed by atoms with Gasteiger partial charge < -0.3 is 0 Å². The van der Waals surface area contributed by atoms with Crippen LogP contribution in [0.4, 0.5) is 0 Å². The Morgan fingerprint density at radius 1 is 0.750 bits per heavy atom. The Bertz CT molecular complexity index is 1110. The molecule has 0 saturated carbocycles. The molecule has 4 aromatic rings. The maximum Gasteiger partial charge on any atom is 0.262 e. The van der Waals surface area contributed by atoms with E-state index in [1.165, 1.54) is 11.1 Å². The molecule has 0 aliphatic heterocycles. The van der Waals surface area contributed by atoms with Crippen LogP contribution in [0, 0.1) is 0 Å². The van der Waals surface area contributed by atoms with Crippen LogP contribution < -0.4 is 5.56 Å². The summed E-state index contributed by atoms with van der Waals surface area (Å²) < 4.78 is 1.84. The van der Waals surface area contributed by atoms with Crippen molar-refractivity contribution in [3.8, 4) is 0 Å². The van der Waals surface area contributed by atoms with Crippen LogP contribution in [-0.2, 0) is 19.4 Å². The van der Waals surface area contributed by atoms with Crippen molar-refractivity contribution in [1.29, 1.82) is 0 Å². The highest BCUT2D eigenvalue weighted by atomic mass is 32.2. The number of hydrogen-bond donors (Lipinski definition) is 0. The molecule has 0 atom stereocenters. The molecular formula is C24H22N2OS. The zero-order chi connectivity index (χ0) is 19.2. The normalized spacial score (nSPS) is 11.0. The summed E-state index contributed by atoms with van der Waals surface area (Å²) in [5, 5.41) is 1.48. The second-order valence-electron chi connectivity index (χ2n) is 6.69. The lowest BCUT2D eigenvalue weighted by atomic mass is 10.1. The van der Waals surface area contributed by atoms with Crippen molar-refractivity contribution in [2.24, 2.45) is 0 Å². The van der Waals surface area contributed by atoms with Crippen molar-refractivity contribution in [2.45, 2.75) is 24.5 Å². The molecule has 0 fully saturated rings. The van der Waals surface area contributed by atoms with E-state index in [0.29, 0.717) is 11.9 Å². The summed E-state index contributed by atoms with van der Waals surface area (Å²) in [6.07, 6.45) is 1.76. The minimum absolute atomic E-state index is 0.0451. The summed E-state index contributed by atoms with van der Waals surface area (Å²) in [7, 11) is 0. The number of thioether (sulfide) groups is 1. The highest BCUT2D eigenvalue weighted by Gasteiger charge is 2.11. The number of benzene rings is 3. The molecule has 4 heteroatoms. The van der Waals surface area contributed by atoms with Gasteiger partial charge in [0.1, 0.15) is 0 Å². The number of fused-ring (bicyclic) bond motifs is 1. The van der Waals surface area contributed by atoms with E-state index < -0.39 is 0 Å². The van der Waals surface area contributed by atoms with Crippen LogP contribution in [0.5, 0.6) is 0 Å². The topological polar surface area (TPSA) is 34.9 Å². The monoisotopic (exact) mass is 386 g/mol. The first-order valence-corrected chi connectivity index (χ1v) is 10.5. The van der Waals surface area contributed by atoms with Gasteiger partial charge >= 0.3 is 0 Å². The van der Waals surface area contributed by atoms with Crippen LogP contribution in [0.3, 0.4) is 0 Å². The molecule has 3 aromatic carbocycles. The molecule has 28 heavy (non-hydrogen) atoms. The first kappa shape index (κ1) is 18.5. The SMILES string of the molecule is O=c1c2ccccc2nc(SCCc2ccccc2)n1CCc1ccccc1. The van der Waals surface area contributed by atoms with E-state index in [2.05, 4.69) is 36.4 Å². The molecule has 0 bridgehead atoms. The van der Waals surface area contributed by atoms with Crippen LogP contribution >= 0.6 is 11.8 Å². The number of nitrogens with zero attached hydrogens (tertiary/aromatic N) is 2. The zero-order valence-corrected chi connectivity index (χ0v) is 16.4. The number of aryl methyl sites for hydroxylation is 2. The first-order valence-electron chi connectivity index (χ1n) is 9.51. The summed E-state index contributed by atoms with van der Waals surface area (Å²) in [6.45, 7) is 0.633. The van der Waals surface area contributed by atoms with Crippen molar-refractivity contribution >= 4 is 22.7 Å². The van der Waals surface area contributed by atoms with Gasteiger partial charge in [-0.2, -0.15) is 0 Å². The highest BCUT2D eigenvalue weighted by Crippen LogP contribution is 2.19. The lowest BCUT2D eigenvalue weighted by Gasteiger charge is -2.13. The Morgan fingerprint density at radius 2 is 1.36 bits per heavy atom. The molecule has 0 unspecified atom stereocenters. The van der Waals surface area contributed by atoms with Crippen molar-refractivity contribution < 1.29 is 0 Å². The fraction of sp³-hybridized carbons (Fsp3) is 0.167. The van der Waals surface area contributed by atoms with E-state index in [-0.39, 0.29) is 5.56 Å². The van der Waals surface area contributed by atoms with E-state index >= 15 is 0 Å². The van der Waals surface area contributed by atoms with Crippen molar-refractivity contribution in [1.82, 2.24) is 9.55 Å². The Balaban J connectivity index is 1.60. The third-order valence-electron chi connectivity index (χ3n) is 4.76. The number of para-hydroxylation sites is 1. The first-order chi connectivity index (χ1) is 13.8. The van der Waals surface area contributed by atoms with Gasteiger partial charge in [0.2, 0.25) is 0 Å². The van der Waals surface area contributed by atoms with Crippen LogP contribution in [-0.4, -0.2) is 15.3 Å². The second-order valence-corrected chi connectivity index (χ2v) is 7.75. The van der Waals surface area contributed by atoms with Gasteiger partial charge in [-0.3, -0.25) is 9.36 Å². The average molecular weight is 387 g/mol. The molecule has 0 spiro atoms. The van der Waals surface area contributed by atoms with Crippen LogP contribution in [0.2, 0.25) is 0 Å². The Hall–Kier alpha value is -2.85. The van der Waals surface area contributed by atoms with Gasteiger partial charge in [-0.1, -0.05) is 84.6 Å². The van der Waals surface area contributed by atoms with Gasteiger partial charge in [-0.05, 0) is 36.1 Å². The van der Waals surface area contributed by atoms with E-state index in [4.69, 9.17) is 4.98 Å². The lowest BCUT2D eigenvalue weighted by Crippen LogP contribution is -2.24. The predicted molar refractivity (Wildman–Crippen MR) is 117 cm³/mol. The zero-order valence-electron chi connectivity index (χ0n) is 15.6. The average Bonchev–Trinajstić information content (AvgIpc) is 2.75. The summed E-state index contributed by atoms with van der Waals surface area (Å²) in [6, 6.07) is 28.3. The highest BCUT2D eigenvalue weighted by molar-refractivity contribution is 7.99. The fourth-order valence-corrected chi connectivity index (χ4v) is 4.26. The van der Waals surface area contributed by atoms with Crippen molar-refractivity contribution in [3.05, 3.63) is 106 Å². The number of rotatable bonds is 7. The number of hydrogen-bond acceptors (Lipinski definition) is 3. The summed E-state index contributed by atoms with van der Waals surface area (Å²) >= 11 is 1.66. The van der Waals surface area contributed by atoms with Gasteiger partial charge in [-0.25, -0.2) is 4.98 Å². The molecule has 140 valence electrons. The fourth-order valence-electron chi connectivity index (χ4n) is 3.25. The van der Waals surface area contributed by atoms with Gasteiger partial charge in [0.25, 0.3) is 5.56 Å². The van der Waals surface area contributed by atoms with E-state index in [1.807, 2.05) is 53.1 Å². The molecule has 0 aliphatic carbocycles. The molecule has 0 radical (unpaired) electrons. The molecule has 0 saturated heterocycles. The Labute approximate surface area is 169 Å². The molecule has 4 rings (SSSR count). The summed E-state index contributed by atoms with van der Waals surface area (Å²) in [5.74, 6) is 0.889. The maximum absolute atomic E-state index is 13.1. The van der Waals surface area contributed by atoms with Crippen molar-refractivity contribution in [3.63, 3.8) is 0 Å². The van der Waals surface area contributed by atoms with Gasteiger partial charge in [0.15, 0.2) is 5.16 Å². The Kier molecular flexibility index (Phi) is 5.88. The number of aromatic nitrogens is 2. The van der Waals surface area contributed by atoms with E-state index in [9.17, 15) is 4.79 Å². The Morgan fingerprint density at radius 3 is 2.07 bits per heavy atom. The molecule has 0 aliphatic rings. The summed E-state index contributed by atoms with van der Waals surface area (Å²) in [4.78, 5) is 17.9. The lowest BCUT2D eigenvalue weighted by molar-refractivity contribution is 0.595. The third-order valence-corrected chi connectivity index (χ3v) is 5.74. The predicted octanol–water partition coefficient (Wildman–Crippen LogP) is 4.97. The smallest absolute Gasteiger partial charge is 0.262 e. The van der Waals surface area contributed by atoms with Gasteiger partial charge in [-0.15, -0.1) is 0 Å². The van der Waals surface area contributed by atoms with Gasteiger partial charge in [0.05, 0.1) is 10.9 Å². The minimum Gasteiger partial charge on any atom is -0.287 e. The van der Waals surface area contributed by atoms with Crippen LogP contribution in [0.1, 0.15) is 11.1 Å². The molecule has 3 nitrogen and oxygen atoms in total. The molecule has 1 heterocycles. The molecule has 0 amide bonds. The van der Waals surface area contributed by atoms with E-state index in [0.717, 1.165) is 29.3 Å². The third kappa shape index (κ3) is 4.34. The maximum atomic E-state index is 13.1. The molecule has 0 N–H and O–H groups in total. The molecule has 1 aromatic heterocycles. The second kappa shape index (κ2) is 8.89. The molecular weight excluding hydrogens is 364 g/mol. The standard InChI is InChI=1S/C24H22N2OS/c27-23-21-13-7-8-14-22(21)25-24(28-18-16-20-11-5-2-6-12-20)26(23)17-15-19-9-3-1-4-10-19/h1-14H,15-18H2. The van der Waals surface area contributed by atoms with Gasteiger partial charge in [0, 0.05) is 12.3 Å². The largest absolute Gasteiger partial charge is 0.287 e. The van der Waals surface area contributed by atoms with Crippen LogP contribution in [0.15, 0.2) is 94.9 Å². The van der Waals surface area contributed by atoms with Crippen LogP contribution in [0.25, 0.3) is 10.9 Å². The van der Waals surface area contributed by atoms with E-state index in [1.54, 1.807) is 11.8 Å². The van der Waals surface area contributed by atoms with Crippen molar-refractivity contribution in [2.75, 3.05) is 5.75 Å². The minimum atomic E-state index is 0.0451. The quantitative estimate of drug-likeness (QED) is 0.332.